The lowest BCUT2D eigenvalue weighted by atomic mass is 10.2. The Morgan fingerprint density at radius 2 is 1.94 bits per heavy atom. The molecular formula is C24H27FN4O3. The summed E-state index contributed by atoms with van der Waals surface area (Å²) < 4.78 is 26.0. The highest BCUT2D eigenvalue weighted by Gasteiger charge is 2.13. The Bertz CT molecular complexity index is 1140. The topological polar surface area (TPSA) is 77.4 Å². The number of nitrogens with one attached hydrogen (secondary N) is 2. The van der Waals surface area contributed by atoms with E-state index in [-0.39, 0.29) is 5.76 Å². The zero-order valence-electron chi connectivity index (χ0n) is 18.6. The molecule has 3 rings (SSSR count). The molecule has 0 spiro atoms. The van der Waals surface area contributed by atoms with E-state index >= 15 is 0 Å². The first-order valence-electron chi connectivity index (χ1n) is 10.1. The van der Waals surface area contributed by atoms with Crippen molar-refractivity contribution in [3.63, 3.8) is 0 Å². The van der Waals surface area contributed by atoms with E-state index in [9.17, 15) is 9.18 Å². The van der Waals surface area contributed by atoms with Crippen molar-refractivity contribution < 1.29 is 18.7 Å². The van der Waals surface area contributed by atoms with Crippen LogP contribution in [0.5, 0.6) is 0 Å². The van der Waals surface area contributed by atoms with Gasteiger partial charge in [-0.25, -0.2) is 9.18 Å². The number of urea groups is 1. The standard InChI is InChI=1S/C24H27FN4O3/c1-16(25)22(31-3)14-23(32-4)17(2)27-24(30)28-20-6-5-7-21-19(20)10-13-29(21)15-18-8-11-26-12-9-18/h5-14,16H,15H2,1-4H3,(H2,27,28,30)/b22-14+,23-17-. The largest absolute Gasteiger partial charge is 0.498 e. The summed E-state index contributed by atoms with van der Waals surface area (Å²) in [6, 6.07) is 11.2. The van der Waals surface area contributed by atoms with Gasteiger partial charge < -0.3 is 24.7 Å². The van der Waals surface area contributed by atoms with E-state index in [4.69, 9.17) is 9.47 Å². The Morgan fingerprint density at radius 1 is 1.19 bits per heavy atom. The number of benzene rings is 1. The molecule has 0 fully saturated rings. The van der Waals surface area contributed by atoms with Gasteiger partial charge in [-0.2, -0.15) is 0 Å². The number of allylic oxidation sites excluding steroid dienone is 3. The maximum Gasteiger partial charge on any atom is 0.323 e. The molecule has 2 heterocycles. The summed E-state index contributed by atoms with van der Waals surface area (Å²) in [7, 11) is 2.82. The number of carbonyl (C=O) groups excluding carboxylic acids is 1. The molecule has 2 amide bonds. The molecule has 7 nitrogen and oxygen atoms in total. The molecule has 0 radical (unpaired) electrons. The number of methoxy groups -OCH3 is 2. The normalized spacial score (nSPS) is 13.3. The Kier molecular flexibility index (Phi) is 7.49. The second-order valence-corrected chi connectivity index (χ2v) is 7.18. The van der Waals surface area contributed by atoms with E-state index in [1.54, 1.807) is 19.3 Å². The SMILES string of the molecule is COC(/C=C(/OC)C(C)F)=C(/C)NC(=O)Nc1cccc2c1ccn2Cc1ccncc1. The summed E-state index contributed by atoms with van der Waals surface area (Å²) in [6.45, 7) is 3.72. The summed E-state index contributed by atoms with van der Waals surface area (Å²) in [5.41, 5.74) is 3.22. The average Bonchev–Trinajstić information content (AvgIpc) is 3.18. The van der Waals surface area contributed by atoms with Gasteiger partial charge in [0, 0.05) is 36.6 Å². The third-order valence-electron chi connectivity index (χ3n) is 4.96. The van der Waals surface area contributed by atoms with Gasteiger partial charge in [0.2, 0.25) is 0 Å². The number of hydrogen-bond acceptors (Lipinski definition) is 4. The number of hydrogen-bond donors (Lipinski definition) is 2. The van der Waals surface area contributed by atoms with E-state index < -0.39 is 12.2 Å². The van der Waals surface area contributed by atoms with E-state index in [0.717, 1.165) is 16.5 Å². The molecule has 1 atom stereocenters. The van der Waals surface area contributed by atoms with Crippen LogP contribution >= 0.6 is 0 Å². The van der Waals surface area contributed by atoms with Crippen molar-refractivity contribution in [2.75, 3.05) is 19.5 Å². The van der Waals surface area contributed by atoms with Crippen LogP contribution in [0, 0.1) is 0 Å². The van der Waals surface area contributed by atoms with Crippen molar-refractivity contribution in [1.29, 1.82) is 0 Å². The van der Waals surface area contributed by atoms with Crippen LogP contribution in [-0.2, 0) is 16.0 Å². The molecule has 3 aromatic rings. The Balaban J connectivity index is 1.78. The van der Waals surface area contributed by atoms with Crippen molar-refractivity contribution in [3.05, 3.63) is 83.8 Å². The van der Waals surface area contributed by atoms with Crippen molar-refractivity contribution in [2.24, 2.45) is 0 Å². The number of alkyl halides is 1. The van der Waals surface area contributed by atoms with Crippen LogP contribution in [0.3, 0.4) is 0 Å². The first kappa shape index (κ1) is 22.9. The monoisotopic (exact) mass is 438 g/mol. The number of aromatic nitrogens is 2. The number of amides is 2. The minimum absolute atomic E-state index is 0.101. The second kappa shape index (κ2) is 10.5. The summed E-state index contributed by atoms with van der Waals surface area (Å²) in [5.74, 6) is 0.395. The van der Waals surface area contributed by atoms with E-state index in [1.807, 2.05) is 42.6 Å². The van der Waals surface area contributed by atoms with E-state index in [0.29, 0.717) is 23.7 Å². The Hall–Kier alpha value is -3.81. The lowest BCUT2D eigenvalue weighted by Gasteiger charge is -2.13. The zero-order valence-corrected chi connectivity index (χ0v) is 18.6. The molecule has 1 aromatic carbocycles. The molecule has 0 saturated carbocycles. The summed E-state index contributed by atoms with van der Waals surface area (Å²) in [6.07, 6.45) is 5.63. The molecule has 2 aromatic heterocycles. The van der Waals surface area contributed by atoms with Crippen molar-refractivity contribution in [3.8, 4) is 0 Å². The van der Waals surface area contributed by atoms with Gasteiger partial charge >= 0.3 is 6.03 Å². The van der Waals surface area contributed by atoms with Gasteiger partial charge in [0.05, 0.1) is 31.1 Å². The molecule has 2 N–H and O–H groups in total. The summed E-state index contributed by atoms with van der Waals surface area (Å²) in [5, 5.41) is 6.52. The molecule has 0 aliphatic heterocycles. The smallest absolute Gasteiger partial charge is 0.323 e. The third kappa shape index (κ3) is 5.46. The van der Waals surface area contributed by atoms with Crippen LogP contribution < -0.4 is 10.6 Å². The first-order valence-corrected chi connectivity index (χ1v) is 10.1. The molecule has 8 heteroatoms. The molecule has 0 bridgehead atoms. The van der Waals surface area contributed by atoms with Crippen molar-refractivity contribution in [1.82, 2.24) is 14.9 Å². The summed E-state index contributed by atoms with van der Waals surface area (Å²) >= 11 is 0. The predicted octanol–water partition coefficient (Wildman–Crippen LogP) is 4.97. The van der Waals surface area contributed by atoms with Crippen LogP contribution in [0.25, 0.3) is 10.9 Å². The number of nitrogens with zero attached hydrogens (tertiary/aromatic N) is 2. The van der Waals surface area contributed by atoms with Gasteiger partial charge in [-0.1, -0.05) is 6.07 Å². The highest BCUT2D eigenvalue weighted by Crippen LogP contribution is 2.25. The molecular weight excluding hydrogens is 411 g/mol. The number of halogens is 1. The first-order chi connectivity index (χ1) is 15.4. The molecule has 32 heavy (non-hydrogen) atoms. The van der Waals surface area contributed by atoms with Gasteiger partial charge in [-0.05, 0) is 49.7 Å². The minimum Gasteiger partial charge on any atom is -0.498 e. The van der Waals surface area contributed by atoms with Crippen LogP contribution in [0.2, 0.25) is 0 Å². The maximum atomic E-state index is 13.6. The van der Waals surface area contributed by atoms with Crippen LogP contribution in [0.1, 0.15) is 19.4 Å². The average molecular weight is 439 g/mol. The van der Waals surface area contributed by atoms with Gasteiger partial charge in [-0.3, -0.25) is 4.98 Å². The summed E-state index contributed by atoms with van der Waals surface area (Å²) in [4.78, 5) is 16.7. The zero-order chi connectivity index (χ0) is 23.1. The number of pyridine rings is 1. The number of anilines is 1. The van der Waals surface area contributed by atoms with Crippen LogP contribution in [0.15, 0.2) is 78.3 Å². The van der Waals surface area contributed by atoms with E-state index in [2.05, 4.69) is 20.2 Å². The minimum atomic E-state index is -1.31. The Labute approximate surface area is 186 Å². The molecule has 168 valence electrons. The van der Waals surface area contributed by atoms with Gasteiger partial charge in [0.25, 0.3) is 0 Å². The van der Waals surface area contributed by atoms with Crippen LogP contribution in [-0.4, -0.2) is 36.0 Å². The highest BCUT2D eigenvalue weighted by atomic mass is 19.1. The number of rotatable bonds is 8. The third-order valence-corrected chi connectivity index (χ3v) is 4.96. The quantitative estimate of drug-likeness (QED) is 0.384. The van der Waals surface area contributed by atoms with Crippen molar-refractivity contribution >= 4 is 22.6 Å². The second-order valence-electron chi connectivity index (χ2n) is 7.18. The maximum absolute atomic E-state index is 13.6. The number of carbonyl (C=O) groups is 1. The molecule has 0 saturated heterocycles. The predicted molar refractivity (Wildman–Crippen MR) is 123 cm³/mol. The fraction of sp³-hybridized carbons (Fsp3) is 0.250. The van der Waals surface area contributed by atoms with Gasteiger partial charge in [-0.15, -0.1) is 0 Å². The lowest BCUT2D eigenvalue weighted by molar-refractivity contribution is 0.208. The lowest BCUT2D eigenvalue weighted by Crippen LogP contribution is -2.28. The Morgan fingerprint density at radius 3 is 2.59 bits per heavy atom. The van der Waals surface area contributed by atoms with Gasteiger partial charge in [0.15, 0.2) is 6.17 Å². The number of fused-ring (bicyclic) bond motifs is 1. The molecule has 0 aliphatic carbocycles. The molecule has 1 unspecified atom stereocenters. The number of ether oxygens (including phenoxy) is 2. The molecule has 0 aliphatic rings. The highest BCUT2D eigenvalue weighted by molar-refractivity contribution is 6.01. The fourth-order valence-electron chi connectivity index (χ4n) is 3.33. The van der Waals surface area contributed by atoms with Gasteiger partial charge in [0.1, 0.15) is 11.5 Å². The van der Waals surface area contributed by atoms with Crippen LogP contribution in [0.4, 0.5) is 14.9 Å². The van der Waals surface area contributed by atoms with Crippen molar-refractivity contribution in [2.45, 2.75) is 26.6 Å². The van der Waals surface area contributed by atoms with E-state index in [1.165, 1.54) is 27.2 Å². The fourth-order valence-corrected chi connectivity index (χ4v) is 3.33.